The van der Waals surface area contributed by atoms with Crippen molar-refractivity contribution in [2.75, 3.05) is 39.2 Å². The van der Waals surface area contributed by atoms with Crippen molar-refractivity contribution >= 4 is 47.0 Å². The minimum Gasteiger partial charge on any atom is -0.493 e. The fraction of sp³-hybridized carbons (Fsp3) is 0.474. The number of thiazole rings is 1. The highest BCUT2D eigenvalue weighted by molar-refractivity contribution is 14.0. The number of anilines is 1. The SMILES string of the molecule is CCc1cnc(CCNC(=NC)Nc2cccc(OCCCOC)c2)s1.I. The number of hydrogen-bond acceptors (Lipinski definition) is 5. The van der Waals surface area contributed by atoms with Crippen LogP contribution < -0.4 is 15.4 Å². The summed E-state index contributed by atoms with van der Waals surface area (Å²) < 4.78 is 10.8. The second-order valence-corrected chi connectivity index (χ2v) is 6.87. The lowest BCUT2D eigenvalue weighted by atomic mass is 10.3. The Morgan fingerprint density at radius 3 is 2.85 bits per heavy atom. The van der Waals surface area contributed by atoms with Crippen LogP contribution in [0.25, 0.3) is 0 Å². The zero-order chi connectivity index (χ0) is 18.6. The topological polar surface area (TPSA) is 67.8 Å². The highest BCUT2D eigenvalue weighted by Crippen LogP contribution is 2.17. The lowest BCUT2D eigenvalue weighted by Crippen LogP contribution is -2.32. The first-order valence-corrected chi connectivity index (χ1v) is 9.69. The second kappa shape index (κ2) is 13.7. The van der Waals surface area contributed by atoms with Gasteiger partial charge < -0.3 is 20.1 Å². The number of methoxy groups -OCH3 is 1. The van der Waals surface area contributed by atoms with E-state index in [0.29, 0.717) is 13.2 Å². The Morgan fingerprint density at radius 1 is 1.30 bits per heavy atom. The van der Waals surface area contributed by atoms with E-state index in [2.05, 4.69) is 27.5 Å². The van der Waals surface area contributed by atoms with Crippen molar-refractivity contribution in [2.24, 2.45) is 4.99 Å². The average molecular weight is 504 g/mol. The Hall–Kier alpha value is -1.39. The van der Waals surface area contributed by atoms with E-state index in [1.807, 2.05) is 30.5 Å². The number of rotatable bonds is 10. The Balaban J connectivity index is 0.00000364. The minimum atomic E-state index is 0. The van der Waals surface area contributed by atoms with Crippen molar-refractivity contribution < 1.29 is 9.47 Å². The van der Waals surface area contributed by atoms with Gasteiger partial charge in [0.25, 0.3) is 0 Å². The van der Waals surface area contributed by atoms with E-state index in [4.69, 9.17) is 9.47 Å². The summed E-state index contributed by atoms with van der Waals surface area (Å²) in [6.07, 6.45) is 4.76. The highest BCUT2D eigenvalue weighted by atomic mass is 127. The van der Waals surface area contributed by atoms with Gasteiger partial charge in [0.2, 0.25) is 0 Å². The number of hydrogen-bond donors (Lipinski definition) is 2. The van der Waals surface area contributed by atoms with Gasteiger partial charge in [-0.3, -0.25) is 4.99 Å². The number of nitrogens with zero attached hydrogens (tertiary/aromatic N) is 2. The van der Waals surface area contributed by atoms with E-state index >= 15 is 0 Å². The molecule has 0 aliphatic carbocycles. The predicted octanol–water partition coefficient (Wildman–Crippen LogP) is 3.97. The smallest absolute Gasteiger partial charge is 0.195 e. The van der Waals surface area contributed by atoms with Gasteiger partial charge in [-0.05, 0) is 18.6 Å². The zero-order valence-electron chi connectivity index (χ0n) is 16.2. The van der Waals surface area contributed by atoms with Crippen LogP contribution in [0.3, 0.4) is 0 Å². The molecule has 0 saturated carbocycles. The van der Waals surface area contributed by atoms with Crippen molar-refractivity contribution in [1.82, 2.24) is 10.3 Å². The molecule has 150 valence electrons. The van der Waals surface area contributed by atoms with Crippen molar-refractivity contribution in [1.29, 1.82) is 0 Å². The van der Waals surface area contributed by atoms with Crippen LogP contribution in [-0.2, 0) is 17.6 Å². The third-order valence-corrected chi connectivity index (χ3v) is 4.86. The number of aryl methyl sites for hydroxylation is 1. The summed E-state index contributed by atoms with van der Waals surface area (Å²) in [5.74, 6) is 1.56. The average Bonchev–Trinajstić information content (AvgIpc) is 3.13. The van der Waals surface area contributed by atoms with E-state index in [1.165, 1.54) is 4.88 Å². The quantitative estimate of drug-likeness (QED) is 0.222. The van der Waals surface area contributed by atoms with Crippen LogP contribution in [0.5, 0.6) is 5.75 Å². The minimum absolute atomic E-state index is 0. The maximum absolute atomic E-state index is 5.73. The first kappa shape index (κ1) is 23.6. The van der Waals surface area contributed by atoms with Gasteiger partial charge >= 0.3 is 0 Å². The van der Waals surface area contributed by atoms with Crippen molar-refractivity contribution in [3.05, 3.63) is 40.3 Å². The third-order valence-electron chi connectivity index (χ3n) is 3.66. The monoisotopic (exact) mass is 504 g/mol. The van der Waals surface area contributed by atoms with Crippen LogP contribution in [0.1, 0.15) is 23.2 Å². The van der Waals surface area contributed by atoms with Gasteiger partial charge in [0.1, 0.15) is 5.75 Å². The lowest BCUT2D eigenvalue weighted by molar-refractivity contribution is 0.172. The van der Waals surface area contributed by atoms with E-state index in [1.54, 1.807) is 25.5 Å². The van der Waals surface area contributed by atoms with E-state index in [-0.39, 0.29) is 24.0 Å². The first-order valence-electron chi connectivity index (χ1n) is 8.88. The van der Waals surface area contributed by atoms with Gasteiger partial charge in [0.05, 0.1) is 11.6 Å². The van der Waals surface area contributed by atoms with Crippen LogP contribution in [0.4, 0.5) is 5.69 Å². The van der Waals surface area contributed by atoms with E-state index in [9.17, 15) is 0 Å². The number of nitrogens with one attached hydrogen (secondary N) is 2. The first-order chi connectivity index (χ1) is 12.7. The molecule has 0 spiro atoms. The molecule has 1 aromatic carbocycles. The molecule has 0 unspecified atom stereocenters. The van der Waals surface area contributed by atoms with Crippen molar-refractivity contribution in [3.63, 3.8) is 0 Å². The number of ether oxygens (including phenoxy) is 2. The molecule has 0 radical (unpaired) electrons. The number of aliphatic imine (C=N–C) groups is 1. The molecule has 0 amide bonds. The van der Waals surface area contributed by atoms with Gasteiger partial charge in [-0.1, -0.05) is 13.0 Å². The van der Waals surface area contributed by atoms with Gasteiger partial charge in [-0.25, -0.2) is 4.98 Å². The molecule has 8 heteroatoms. The lowest BCUT2D eigenvalue weighted by Gasteiger charge is -2.13. The molecule has 2 rings (SSSR count). The molecule has 0 fully saturated rings. The zero-order valence-corrected chi connectivity index (χ0v) is 19.3. The highest BCUT2D eigenvalue weighted by Gasteiger charge is 2.04. The summed E-state index contributed by atoms with van der Waals surface area (Å²) in [4.78, 5) is 10.0. The molecule has 1 aromatic heterocycles. The molecule has 0 aliphatic heterocycles. The molecule has 0 bridgehead atoms. The van der Waals surface area contributed by atoms with Crippen molar-refractivity contribution in [2.45, 2.75) is 26.2 Å². The molecule has 2 aromatic rings. The fourth-order valence-electron chi connectivity index (χ4n) is 2.29. The fourth-order valence-corrected chi connectivity index (χ4v) is 3.15. The van der Waals surface area contributed by atoms with Gasteiger partial charge in [0.15, 0.2) is 5.96 Å². The molecule has 0 atom stereocenters. The number of guanidine groups is 1. The normalized spacial score (nSPS) is 11.0. The number of aromatic nitrogens is 1. The number of halogens is 1. The standard InChI is InChI=1S/C19H28N4O2S.HI/c1-4-17-14-22-18(26-17)9-10-21-19(20-2)23-15-7-5-8-16(13-15)25-12-6-11-24-3;/h5,7-8,13-14H,4,6,9-12H2,1-3H3,(H2,20,21,23);1H. The van der Waals surface area contributed by atoms with Crippen LogP contribution in [0, 0.1) is 0 Å². The largest absolute Gasteiger partial charge is 0.493 e. The molecule has 0 saturated heterocycles. The van der Waals surface area contributed by atoms with E-state index in [0.717, 1.165) is 48.2 Å². The molecule has 2 N–H and O–H groups in total. The Bertz CT molecular complexity index is 694. The van der Waals surface area contributed by atoms with Gasteiger partial charge in [0, 0.05) is 63.0 Å². The summed E-state index contributed by atoms with van der Waals surface area (Å²) in [7, 11) is 3.46. The third kappa shape index (κ3) is 8.89. The van der Waals surface area contributed by atoms with Crippen LogP contribution in [0.15, 0.2) is 35.5 Å². The van der Waals surface area contributed by atoms with Crippen LogP contribution in [-0.4, -0.2) is 44.9 Å². The summed E-state index contributed by atoms with van der Waals surface area (Å²) >= 11 is 1.77. The molecule has 1 heterocycles. The Kier molecular flexibility index (Phi) is 12.0. The molecule has 27 heavy (non-hydrogen) atoms. The summed E-state index contributed by atoms with van der Waals surface area (Å²) in [6.45, 7) is 4.27. The van der Waals surface area contributed by atoms with Gasteiger partial charge in [-0.15, -0.1) is 35.3 Å². The second-order valence-electron chi connectivity index (χ2n) is 5.67. The predicted molar refractivity (Wildman–Crippen MR) is 124 cm³/mol. The molecular weight excluding hydrogens is 475 g/mol. The Labute approximate surface area is 182 Å². The Morgan fingerprint density at radius 2 is 2.15 bits per heavy atom. The molecule has 6 nitrogen and oxygen atoms in total. The van der Waals surface area contributed by atoms with Crippen molar-refractivity contribution in [3.8, 4) is 5.75 Å². The van der Waals surface area contributed by atoms with Crippen LogP contribution in [0.2, 0.25) is 0 Å². The summed E-state index contributed by atoms with van der Waals surface area (Å²) in [5.41, 5.74) is 0.935. The van der Waals surface area contributed by atoms with Gasteiger partial charge in [-0.2, -0.15) is 0 Å². The van der Waals surface area contributed by atoms with E-state index < -0.39 is 0 Å². The summed E-state index contributed by atoms with van der Waals surface area (Å²) in [5, 5.41) is 7.76. The molecule has 0 aliphatic rings. The maximum Gasteiger partial charge on any atom is 0.195 e. The van der Waals surface area contributed by atoms with Crippen LogP contribution >= 0.6 is 35.3 Å². The number of benzene rings is 1. The molecular formula is C19H29IN4O2S. The maximum atomic E-state index is 5.73. The summed E-state index contributed by atoms with van der Waals surface area (Å²) in [6, 6.07) is 7.86.